The Morgan fingerprint density at radius 2 is 1.48 bits per heavy atom. The molecule has 1 saturated carbocycles. The van der Waals surface area contributed by atoms with Gasteiger partial charge in [-0.15, -0.1) is 0 Å². The molecular formula is C43H51BrO3Si. The molecule has 5 heteroatoms. The first-order valence-corrected chi connectivity index (χ1v) is 20.4. The Morgan fingerprint density at radius 3 is 2.06 bits per heavy atom. The lowest BCUT2D eigenvalue weighted by Crippen LogP contribution is -2.68. The predicted molar refractivity (Wildman–Crippen MR) is 204 cm³/mol. The Balaban J connectivity index is 1.51. The van der Waals surface area contributed by atoms with Crippen molar-refractivity contribution in [3.05, 3.63) is 130 Å². The number of hydrogen-bond acceptors (Lipinski definition) is 3. The summed E-state index contributed by atoms with van der Waals surface area (Å²) in [5.74, 6) is 0.594. The number of carbonyl (C=O) groups is 1. The summed E-state index contributed by atoms with van der Waals surface area (Å²) in [6.45, 7) is 13.2. The molecule has 252 valence electrons. The quantitative estimate of drug-likeness (QED) is 0.0879. The molecule has 0 heterocycles. The van der Waals surface area contributed by atoms with Crippen LogP contribution in [0.2, 0.25) is 5.04 Å². The minimum absolute atomic E-state index is 0.0123. The van der Waals surface area contributed by atoms with Crippen LogP contribution in [0, 0.1) is 17.3 Å². The first-order valence-electron chi connectivity index (χ1n) is 17.7. The van der Waals surface area contributed by atoms with Gasteiger partial charge in [0, 0.05) is 17.5 Å². The van der Waals surface area contributed by atoms with Crippen LogP contribution in [0.1, 0.15) is 83.1 Å². The number of hydrogen-bond donors (Lipinski definition) is 0. The molecule has 0 spiro atoms. The second-order valence-corrected chi connectivity index (χ2v) is 20.8. The van der Waals surface area contributed by atoms with Gasteiger partial charge in [-0.1, -0.05) is 148 Å². The molecule has 2 aliphatic rings. The van der Waals surface area contributed by atoms with E-state index in [4.69, 9.17) is 9.16 Å². The Bertz CT molecular complexity index is 1630. The third kappa shape index (κ3) is 6.32. The van der Waals surface area contributed by atoms with E-state index in [-0.39, 0.29) is 27.9 Å². The lowest BCUT2D eigenvalue weighted by Gasteiger charge is -2.60. The van der Waals surface area contributed by atoms with Crippen molar-refractivity contribution in [3.8, 4) is 0 Å². The van der Waals surface area contributed by atoms with E-state index in [1.165, 1.54) is 27.1 Å². The van der Waals surface area contributed by atoms with Gasteiger partial charge < -0.3 is 14.0 Å². The van der Waals surface area contributed by atoms with Gasteiger partial charge >= 0.3 is 0 Å². The fourth-order valence-corrected chi connectivity index (χ4v) is 14.7. The predicted octanol–water partition coefficient (Wildman–Crippen LogP) is 9.61. The molecule has 0 aromatic heterocycles. The van der Waals surface area contributed by atoms with Crippen molar-refractivity contribution >= 4 is 40.9 Å². The average Bonchev–Trinajstić information content (AvgIpc) is 3.08. The number of halogens is 1. The maximum absolute atomic E-state index is 11.5. The molecule has 1 unspecified atom stereocenters. The Morgan fingerprint density at radius 1 is 0.875 bits per heavy atom. The van der Waals surface area contributed by atoms with Gasteiger partial charge in [0.15, 0.2) is 0 Å². The van der Waals surface area contributed by atoms with Crippen LogP contribution in [0.15, 0.2) is 114 Å². The summed E-state index contributed by atoms with van der Waals surface area (Å²) in [7, 11) is -2.81. The zero-order chi connectivity index (χ0) is 34.0. The molecule has 0 bridgehead atoms. The van der Waals surface area contributed by atoms with Crippen LogP contribution in [-0.4, -0.2) is 27.8 Å². The number of aryl methyl sites for hydroxylation is 1. The minimum Gasteiger partial charge on any atom is -0.407 e. The Hall–Kier alpha value is -2.83. The Kier molecular flexibility index (Phi) is 10.3. The van der Waals surface area contributed by atoms with Gasteiger partial charge in [-0.3, -0.25) is 0 Å². The third-order valence-corrected chi connectivity index (χ3v) is 17.3. The molecular weight excluding hydrogens is 672 g/mol. The maximum atomic E-state index is 11.5. The van der Waals surface area contributed by atoms with Gasteiger partial charge in [0.1, 0.15) is 6.29 Å². The van der Waals surface area contributed by atoms with Crippen LogP contribution in [0.3, 0.4) is 0 Å². The molecule has 4 aromatic carbocycles. The van der Waals surface area contributed by atoms with Crippen molar-refractivity contribution in [1.82, 2.24) is 0 Å². The van der Waals surface area contributed by atoms with Crippen LogP contribution in [0.5, 0.6) is 0 Å². The van der Waals surface area contributed by atoms with E-state index < -0.39 is 8.32 Å². The maximum Gasteiger partial charge on any atom is 0.261 e. The normalized spacial score (nSPS) is 24.7. The number of benzene rings is 4. The van der Waals surface area contributed by atoms with Crippen molar-refractivity contribution in [2.45, 2.75) is 83.3 Å². The van der Waals surface area contributed by atoms with E-state index in [1.807, 2.05) is 0 Å². The molecule has 2 aliphatic carbocycles. The minimum atomic E-state index is -2.81. The summed E-state index contributed by atoms with van der Waals surface area (Å²) >= 11 is 3.76. The van der Waals surface area contributed by atoms with Crippen LogP contribution in [0.4, 0.5) is 0 Å². The molecule has 0 aliphatic heterocycles. The molecule has 1 fully saturated rings. The summed E-state index contributed by atoms with van der Waals surface area (Å²) in [5, 5.41) is 2.50. The highest BCUT2D eigenvalue weighted by molar-refractivity contribution is 9.10. The first kappa shape index (κ1) is 35.0. The molecule has 0 saturated heterocycles. The van der Waals surface area contributed by atoms with Crippen LogP contribution in [-0.2, 0) is 25.8 Å². The first-order chi connectivity index (χ1) is 23.0. The molecule has 48 heavy (non-hydrogen) atoms. The summed E-state index contributed by atoms with van der Waals surface area (Å²) in [5.41, 5.74) is 3.95. The molecule has 0 radical (unpaired) electrons. The van der Waals surface area contributed by atoms with Crippen LogP contribution < -0.4 is 10.4 Å². The largest absolute Gasteiger partial charge is 0.407 e. The van der Waals surface area contributed by atoms with Crippen molar-refractivity contribution in [2.75, 3.05) is 13.2 Å². The van der Waals surface area contributed by atoms with Gasteiger partial charge in [-0.25, -0.2) is 0 Å². The highest BCUT2D eigenvalue weighted by atomic mass is 79.9. The van der Waals surface area contributed by atoms with Crippen molar-refractivity contribution in [2.24, 2.45) is 17.3 Å². The van der Waals surface area contributed by atoms with Gasteiger partial charge in [0.2, 0.25) is 0 Å². The van der Waals surface area contributed by atoms with E-state index in [0.717, 1.165) is 36.4 Å². The zero-order valence-electron chi connectivity index (χ0n) is 29.3. The zero-order valence-corrected chi connectivity index (χ0v) is 31.8. The second kappa shape index (κ2) is 14.2. The fraction of sp³-hybridized carbons (Fsp3) is 0.419. The van der Waals surface area contributed by atoms with E-state index in [1.54, 1.807) is 0 Å². The van der Waals surface area contributed by atoms with Crippen molar-refractivity contribution < 1.29 is 14.0 Å². The lowest BCUT2D eigenvalue weighted by atomic mass is 9.46. The fourth-order valence-electron chi connectivity index (χ4n) is 9.60. The summed E-state index contributed by atoms with van der Waals surface area (Å²) in [6.07, 6.45) is 5.51. The topological polar surface area (TPSA) is 35.5 Å². The van der Waals surface area contributed by atoms with Crippen molar-refractivity contribution in [3.63, 3.8) is 0 Å². The molecule has 0 amide bonds. The van der Waals surface area contributed by atoms with E-state index in [9.17, 15) is 4.79 Å². The number of fused-ring (bicyclic) bond motifs is 3. The van der Waals surface area contributed by atoms with Gasteiger partial charge in [0.25, 0.3) is 8.32 Å². The van der Waals surface area contributed by atoms with E-state index in [2.05, 4.69) is 160 Å². The van der Waals surface area contributed by atoms with Gasteiger partial charge in [-0.2, -0.15) is 0 Å². The number of ether oxygens (including phenoxy) is 1. The summed E-state index contributed by atoms with van der Waals surface area (Å²) < 4.78 is 15.8. The van der Waals surface area contributed by atoms with Gasteiger partial charge in [-0.05, 0) is 92.6 Å². The highest BCUT2D eigenvalue weighted by Crippen LogP contribution is 2.62. The molecule has 5 atom stereocenters. The molecule has 6 rings (SSSR count). The molecule has 4 aromatic rings. The van der Waals surface area contributed by atoms with Crippen LogP contribution >= 0.6 is 15.9 Å². The summed E-state index contributed by atoms with van der Waals surface area (Å²) in [4.78, 5) is 11.5. The molecule has 3 nitrogen and oxygen atoms in total. The van der Waals surface area contributed by atoms with Crippen LogP contribution in [0.25, 0.3) is 0 Å². The smallest absolute Gasteiger partial charge is 0.261 e. The number of rotatable bonds is 11. The number of carbonyl (C=O) groups excluding carboxylic acids is 1. The summed E-state index contributed by atoms with van der Waals surface area (Å²) in [6, 6.07) is 39.7. The Labute approximate surface area is 297 Å². The number of aldehydes is 1. The standard InChI is InChI=1S/C43H51BrO3Si/c1-41(2,3)48(35-18-11-7-12-19-35,36-20-13-8-14-21-36)47-31-43(5)38(40(46-29-15-28-45)32-16-9-6-10-17-32)26-27-42(4)37-24-23-34(44)30-33(37)22-25-39(42)43/h6-14,16-21,23-24,28,30,38-40H,15,22,25-27,29,31H2,1-5H3/t38-,39-,40?,42-,43+/m1/s1. The van der Waals surface area contributed by atoms with E-state index in [0.29, 0.717) is 25.6 Å². The third-order valence-electron chi connectivity index (χ3n) is 11.8. The lowest BCUT2D eigenvalue weighted by molar-refractivity contribution is -0.127. The average molecular weight is 724 g/mol. The van der Waals surface area contributed by atoms with Crippen molar-refractivity contribution in [1.29, 1.82) is 0 Å². The molecule has 0 N–H and O–H groups in total. The highest BCUT2D eigenvalue weighted by Gasteiger charge is 2.59. The monoisotopic (exact) mass is 722 g/mol. The SMILES string of the molecule is CC(C)(C)[Si](OC[C@@]1(C)[C@@H](C(OCCC=O)c2ccccc2)CC[C@]2(C)c3ccc(Br)cc3CC[C@@H]12)(c1ccccc1)c1ccccc1. The van der Waals surface area contributed by atoms with Gasteiger partial charge in [0.05, 0.1) is 12.7 Å². The van der Waals surface area contributed by atoms with E-state index >= 15 is 0 Å². The second-order valence-electron chi connectivity index (χ2n) is 15.6.